The van der Waals surface area contributed by atoms with Gasteiger partial charge in [0.15, 0.2) is 0 Å². The Hall–Kier alpha value is -4.75. The molecule has 6 rings (SSSR count). The van der Waals surface area contributed by atoms with Gasteiger partial charge in [-0.1, -0.05) is 55.7 Å². The van der Waals surface area contributed by atoms with E-state index in [1.165, 1.54) is 53.7 Å². The molecule has 0 saturated carbocycles. The van der Waals surface area contributed by atoms with Crippen molar-refractivity contribution in [3.63, 3.8) is 0 Å². The lowest BCUT2D eigenvalue weighted by Crippen LogP contribution is -2.55. The molecule has 1 aromatic heterocycles. The average Bonchev–Trinajstić information content (AvgIpc) is 3.99. The number of halogens is 2. The van der Waals surface area contributed by atoms with Gasteiger partial charge in [-0.05, 0) is 96.4 Å². The molecule has 3 amide bonds. The second-order valence-corrected chi connectivity index (χ2v) is 21.6. The maximum absolute atomic E-state index is 16.3. The van der Waals surface area contributed by atoms with Crippen LogP contribution in [0.25, 0.3) is 10.1 Å². The number of carbonyl (C=O) groups is 5. The second-order valence-electron chi connectivity index (χ2n) is 18.4. The van der Waals surface area contributed by atoms with Crippen molar-refractivity contribution in [3.8, 4) is 6.07 Å². The van der Waals surface area contributed by atoms with Crippen LogP contribution in [0.3, 0.4) is 0 Å². The molecular weight excluding hydrogens is 858 g/mol. The Morgan fingerprint density at radius 1 is 0.857 bits per heavy atom. The van der Waals surface area contributed by atoms with Crippen LogP contribution >= 0.6 is 18.9 Å². The monoisotopic (exact) mass is 912 g/mol. The van der Waals surface area contributed by atoms with Crippen molar-refractivity contribution in [2.24, 2.45) is 16.7 Å². The quantitative estimate of drug-likeness (QED) is 0.105. The zero-order chi connectivity index (χ0) is 45.9. The minimum Gasteiger partial charge on any atom is -0.438 e. The van der Waals surface area contributed by atoms with Crippen molar-refractivity contribution in [2.45, 2.75) is 116 Å². The predicted octanol–water partition coefficient (Wildman–Crippen LogP) is 8.46. The summed E-state index contributed by atoms with van der Waals surface area (Å²) in [5, 5.41) is 13.1. The third kappa shape index (κ3) is 10.6. The molecular formula is C45H55F2N4O10PS. The van der Waals surface area contributed by atoms with Gasteiger partial charge in [0, 0.05) is 35.3 Å². The van der Waals surface area contributed by atoms with E-state index < -0.39 is 79.1 Å². The van der Waals surface area contributed by atoms with Crippen molar-refractivity contribution >= 4 is 58.7 Å². The minimum absolute atomic E-state index is 0.120. The van der Waals surface area contributed by atoms with E-state index in [1.54, 1.807) is 9.80 Å². The molecule has 14 nitrogen and oxygen atoms in total. The molecule has 4 heterocycles. The normalized spacial score (nSPS) is 22.4. The molecule has 0 aliphatic carbocycles. The van der Waals surface area contributed by atoms with Crippen LogP contribution in [0.5, 0.6) is 0 Å². The van der Waals surface area contributed by atoms with Crippen molar-refractivity contribution in [2.75, 3.05) is 26.7 Å². The molecule has 0 spiro atoms. The zero-order valence-corrected chi connectivity index (χ0v) is 38.1. The summed E-state index contributed by atoms with van der Waals surface area (Å²) >= 11 is 1.00. The average molecular weight is 913 g/mol. The molecule has 5 atom stereocenters. The van der Waals surface area contributed by atoms with Crippen LogP contribution in [0.15, 0.2) is 54.6 Å². The fourth-order valence-electron chi connectivity index (χ4n) is 8.11. The Kier molecular flexibility index (Phi) is 14.5. The summed E-state index contributed by atoms with van der Waals surface area (Å²) in [7, 11) is -5.59. The zero-order valence-electron chi connectivity index (χ0n) is 36.4. The first kappa shape index (κ1) is 47.7. The first-order valence-electron chi connectivity index (χ1n) is 21.2. The first-order valence-corrected chi connectivity index (χ1v) is 23.5. The van der Waals surface area contributed by atoms with E-state index >= 15 is 8.78 Å². The van der Waals surface area contributed by atoms with Gasteiger partial charge >= 0.3 is 25.2 Å². The molecule has 0 bridgehead atoms. The van der Waals surface area contributed by atoms with E-state index in [9.17, 15) is 33.8 Å². The lowest BCUT2D eigenvalue weighted by atomic mass is 9.90. The first-order chi connectivity index (χ1) is 29.6. The summed E-state index contributed by atoms with van der Waals surface area (Å²) < 4.78 is 66.9. The molecule has 340 valence electrons. The van der Waals surface area contributed by atoms with Crippen LogP contribution < -0.4 is 5.32 Å². The Labute approximate surface area is 370 Å². The molecule has 1 N–H and O–H groups in total. The van der Waals surface area contributed by atoms with Gasteiger partial charge in [-0.25, -0.2) is 0 Å². The maximum atomic E-state index is 16.3. The third-order valence-corrected chi connectivity index (χ3v) is 14.6. The Bertz CT molecular complexity index is 2250. The highest BCUT2D eigenvalue weighted by atomic mass is 32.1. The Balaban J connectivity index is 1.19. The second kappa shape index (κ2) is 19.2. The van der Waals surface area contributed by atoms with Crippen LogP contribution in [0.1, 0.15) is 113 Å². The number of alkyl halides is 2. The van der Waals surface area contributed by atoms with E-state index in [-0.39, 0.29) is 40.6 Å². The van der Waals surface area contributed by atoms with Crippen molar-refractivity contribution in [3.05, 3.63) is 70.6 Å². The number of fused-ring (bicyclic) bond motifs is 2. The van der Waals surface area contributed by atoms with Crippen LogP contribution in [-0.2, 0) is 47.9 Å². The van der Waals surface area contributed by atoms with E-state index in [4.69, 9.17) is 18.5 Å². The Morgan fingerprint density at radius 2 is 1.49 bits per heavy atom. The van der Waals surface area contributed by atoms with Gasteiger partial charge in [0.25, 0.3) is 5.91 Å². The predicted molar refractivity (Wildman–Crippen MR) is 229 cm³/mol. The SMILES string of the molecule is CC(C)(C)C(=O)OCOP(=O)(OCOC(=O)C(C)(C)C)C(F)(F)c1ccc2sc(C(=O)N[C@H]3CCCCC[C@H]4CC[C@@H](C(=O)N5C[C@@H](C#N)[C@H](c6ccccc6)C5)N4C3=O)cc2c1. The number of ether oxygens (including phenoxy) is 2. The van der Waals surface area contributed by atoms with Gasteiger partial charge < -0.3 is 24.6 Å². The highest BCUT2D eigenvalue weighted by Gasteiger charge is 2.56. The van der Waals surface area contributed by atoms with E-state index in [2.05, 4.69) is 11.4 Å². The van der Waals surface area contributed by atoms with Crippen LogP contribution in [0.2, 0.25) is 0 Å². The van der Waals surface area contributed by atoms with Gasteiger partial charge in [0.2, 0.25) is 25.4 Å². The van der Waals surface area contributed by atoms with E-state index in [0.29, 0.717) is 36.9 Å². The van der Waals surface area contributed by atoms with E-state index in [1.807, 2.05) is 30.3 Å². The van der Waals surface area contributed by atoms with Crippen LogP contribution in [0.4, 0.5) is 8.78 Å². The standard InChI is InChI=1S/C45H55F2N4O10PS/c1-43(2,3)41(55)58-26-60-62(57,61-27-59-42(56)44(4,5)6)45(46,47)31-17-20-36-29(21-31)22-37(63-36)38(52)49-34-16-12-8-11-15-32-18-19-35(51(32)39(34)53)40(54)50-24-30(23-48)33(25-50)28-13-9-7-10-14-28/h7,9-10,13-14,17,20-22,30,32-35H,8,11-12,15-16,18-19,24-27H2,1-6H3,(H,49,52)/t30-,32+,33+,34+,35+/m1/s1. The van der Waals surface area contributed by atoms with Gasteiger partial charge in [0.05, 0.1) is 27.7 Å². The molecule has 3 aliphatic rings. The van der Waals surface area contributed by atoms with Gasteiger partial charge in [-0.15, -0.1) is 11.3 Å². The van der Waals surface area contributed by atoms with Crippen LogP contribution in [-0.4, -0.2) is 84.3 Å². The largest absolute Gasteiger partial charge is 0.438 e. The molecule has 3 aliphatic heterocycles. The molecule has 3 saturated heterocycles. The number of amides is 3. The van der Waals surface area contributed by atoms with Crippen molar-refractivity contribution in [1.82, 2.24) is 15.1 Å². The summed E-state index contributed by atoms with van der Waals surface area (Å²) in [6.45, 7) is 7.48. The highest BCUT2D eigenvalue weighted by molar-refractivity contribution is 7.54. The molecule has 0 unspecified atom stereocenters. The number of benzene rings is 2. The molecule has 3 fully saturated rings. The summed E-state index contributed by atoms with van der Waals surface area (Å²) in [4.78, 5) is 70.7. The number of nitrogens with one attached hydrogen (secondary N) is 1. The van der Waals surface area contributed by atoms with Crippen molar-refractivity contribution < 1.29 is 55.8 Å². The lowest BCUT2D eigenvalue weighted by Gasteiger charge is -2.34. The number of nitrogens with zero attached hydrogens (tertiary/aromatic N) is 3. The lowest BCUT2D eigenvalue weighted by molar-refractivity contribution is -0.163. The number of carbonyl (C=O) groups excluding carboxylic acids is 5. The molecule has 63 heavy (non-hydrogen) atoms. The summed E-state index contributed by atoms with van der Waals surface area (Å²) in [6, 6.07) is 14.8. The number of nitriles is 1. The number of hydrogen-bond acceptors (Lipinski definition) is 12. The van der Waals surface area contributed by atoms with Gasteiger partial charge in [-0.3, -0.25) is 37.6 Å². The maximum Gasteiger partial charge on any atom is 0.410 e. The highest BCUT2D eigenvalue weighted by Crippen LogP contribution is 2.67. The topological polar surface area (TPSA) is 182 Å². The van der Waals surface area contributed by atoms with Crippen LogP contribution in [0, 0.1) is 28.1 Å². The molecule has 18 heteroatoms. The summed E-state index contributed by atoms with van der Waals surface area (Å²) in [5.74, 6) is -3.36. The van der Waals surface area contributed by atoms with Gasteiger partial charge in [0.1, 0.15) is 12.1 Å². The molecule has 3 aromatic rings. The molecule has 2 aromatic carbocycles. The number of thiophene rings is 1. The fourth-order valence-corrected chi connectivity index (χ4v) is 10.3. The number of likely N-dealkylation sites (tertiary alicyclic amines) is 1. The number of hydrogen-bond donors (Lipinski definition) is 1. The smallest absolute Gasteiger partial charge is 0.410 e. The minimum atomic E-state index is -5.59. The molecule has 0 radical (unpaired) electrons. The van der Waals surface area contributed by atoms with Crippen molar-refractivity contribution in [1.29, 1.82) is 5.26 Å². The Morgan fingerprint density at radius 3 is 2.11 bits per heavy atom. The number of rotatable bonds is 12. The number of esters is 2. The van der Waals surface area contributed by atoms with E-state index in [0.717, 1.165) is 48.3 Å². The fraction of sp³-hybridized carbons (Fsp3) is 0.556. The summed E-state index contributed by atoms with van der Waals surface area (Å²) in [6.07, 6.45) is 4.49. The van der Waals surface area contributed by atoms with Gasteiger partial charge in [-0.2, -0.15) is 14.0 Å². The summed E-state index contributed by atoms with van der Waals surface area (Å²) in [5.41, 5.74) is -6.27. The third-order valence-electron chi connectivity index (χ3n) is 11.7.